The number of methoxy groups -OCH3 is 2. The van der Waals surface area contributed by atoms with E-state index in [1.165, 1.54) is 25.3 Å². The van der Waals surface area contributed by atoms with Crippen LogP contribution in [0.25, 0.3) is 0 Å². The molecule has 2 aromatic carbocycles. The van der Waals surface area contributed by atoms with Gasteiger partial charge in [-0.1, -0.05) is 30.7 Å². The molecule has 0 radical (unpaired) electrons. The van der Waals surface area contributed by atoms with E-state index in [9.17, 15) is 8.42 Å². The summed E-state index contributed by atoms with van der Waals surface area (Å²) >= 11 is 6.05. The molecule has 7 heteroatoms. The van der Waals surface area contributed by atoms with Crippen molar-refractivity contribution in [2.24, 2.45) is 0 Å². The van der Waals surface area contributed by atoms with E-state index < -0.39 is 10.0 Å². The molecule has 0 aliphatic rings. The second-order valence-corrected chi connectivity index (χ2v) is 7.73. The van der Waals surface area contributed by atoms with E-state index in [1.807, 2.05) is 32.0 Å². The molecule has 1 N–H and O–H groups in total. The molecule has 136 valence electrons. The molecule has 0 amide bonds. The fourth-order valence-corrected chi connectivity index (χ4v) is 4.23. The number of hydrogen-bond acceptors (Lipinski definition) is 4. The molecule has 0 spiro atoms. The first-order chi connectivity index (χ1) is 11.8. The van der Waals surface area contributed by atoms with Crippen molar-refractivity contribution in [3.63, 3.8) is 0 Å². The number of hydrogen-bond donors (Lipinski definition) is 1. The number of rotatable bonds is 7. The highest BCUT2D eigenvalue weighted by atomic mass is 35.5. The predicted octanol–water partition coefficient (Wildman–Crippen LogP) is 4.10. The molecule has 0 heterocycles. The monoisotopic (exact) mass is 383 g/mol. The summed E-state index contributed by atoms with van der Waals surface area (Å²) < 4.78 is 38.4. The van der Waals surface area contributed by atoms with E-state index in [4.69, 9.17) is 21.1 Å². The molecule has 0 saturated carbocycles. The highest BCUT2D eigenvalue weighted by molar-refractivity contribution is 7.89. The number of halogens is 1. The summed E-state index contributed by atoms with van der Waals surface area (Å²) in [6, 6.07) is 9.67. The molecule has 25 heavy (non-hydrogen) atoms. The average Bonchev–Trinajstić information content (AvgIpc) is 2.59. The first-order valence-corrected chi connectivity index (χ1v) is 9.69. The van der Waals surface area contributed by atoms with Crippen molar-refractivity contribution >= 4 is 21.6 Å². The van der Waals surface area contributed by atoms with Crippen LogP contribution in [0.4, 0.5) is 0 Å². The lowest BCUT2D eigenvalue weighted by Gasteiger charge is -2.19. The Morgan fingerprint density at radius 3 is 2.24 bits per heavy atom. The maximum absolute atomic E-state index is 12.7. The molecule has 0 bridgehead atoms. The van der Waals surface area contributed by atoms with Gasteiger partial charge < -0.3 is 9.47 Å². The number of sulfonamides is 1. The number of aryl methyl sites for hydroxylation is 1. The van der Waals surface area contributed by atoms with E-state index in [0.717, 1.165) is 16.9 Å². The molecule has 0 aliphatic heterocycles. The Bertz CT molecular complexity index is 852. The lowest BCUT2D eigenvalue weighted by molar-refractivity contribution is 0.411. The third kappa shape index (κ3) is 4.45. The summed E-state index contributed by atoms with van der Waals surface area (Å²) in [5.74, 6) is 1.20. The largest absolute Gasteiger partial charge is 0.496 e. The maximum Gasteiger partial charge on any atom is 0.241 e. The molecular weight excluding hydrogens is 362 g/mol. The van der Waals surface area contributed by atoms with Crippen LogP contribution in [-0.2, 0) is 10.0 Å². The summed E-state index contributed by atoms with van der Waals surface area (Å²) in [6.07, 6.45) is 0.606. The molecular formula is C18H22ClNO4S. The molecule has 0 fully saturated rings. The highest BCUT2D eigenvalue weighted by Gasteiger charge is 2.22. The van der Waals surface area contributed by atoms with Crippen LogP contribution >= 0.6 is 11.6 Å². The molecule has 0 unspecified atom stereocenters. The van der Waals surface area contributed by atoms with Crippen molar-refractivity contribution in [2.45, 2.75) is 31.2 Å². The standard InChI is InChI=1S/C18H22ClNO4S/c1-5-16(13-6-8-17(23-3)12(2)10-13)20-25(21,22)14-7-9-18(24-4)15(19)11-14/h6-11,16,20H,5H2,1-4H3/t16-/m0/s1. The lowest BCUT2D eigenvalue weighted by atomic mass is 10.0. The van der Waals surface area contributed by atoms with Gasteiger partial charge in [-0.25, -0.2) is 13.1 Å². The van der Waals surface area contributed by atoms with E-state index in [0.29, 0.717) is 12.2 Å². The minimum absolute atomic E-state index is 0.0991. The van der Waals surface area contributed by atoms with Crippen molar-refractivity contribution in [1.82, 2.24) is 4.72 Å². The summed E-state index contributed by atoms with van der Waals surface area (Å²) in [7, 11) is -0.631. The Kier molecular flexibility index (Phi) is 6.32. The van der Waals surface area contributed by atoms with Gasteiger partial charge in [-0.05, 0) is 48.7 Å². The van der Waals surface area contributed by atoms with E-state index in [-0.39, 0.29) is 16.0 Å². The third-order valence-electron chi connectivity index (χ3n) is 3.96. The first-order valence-electron chi connectivity index (χ1n) is 7.82. The zero-order chi connectivity index (χ0) is 18.6. The minimum atomic E-state index is -3.72. The Morgan fingerprint density at radius 2 is 1.72 bits per heavy atom. The van der Waals surface area contributed by atoms with Gasteiger partial charge in [-0.2, -0.15) is 0 Å². The van der Waals surface area contributed by atoms with Crippen LogP contribution in [0.1, 0.15) is 30.5 Å². The number of benzene rings is 2. The van der Waals surface area contributed by atoms with Crippen LogP contribution < -0.4 is 14.2 Å². The molecule has 5 nitrogen and oxygen atoms in total. The fourth-order valence-electron chi connectivity index (χ4n) is 2.58. The summed E-state index contributed by atoms with van der Waals surface area (Å²) in [4.78, 5) is 0.0991. The second-order valence-electron chi connectivity index (χ2n) is 5.61. The van der Waals surface area contributed by atoms with Crippen molar-refractivity contribution in [1.29, 1.82) is 0 Å². The molecule has 0 saturated heterocycles. The molecule has 1 atom stereocenters. The second kappa shape index (κ2) is 8.08. The minimum Gasteiger partial charge on any atom is -0.496 e. The summed E-state index contributed by atoms with van der Waals surface area (Å²) in [6.45, 7) is 3.85. The quantitative estimate of drug-likeness (QED) is 0.781. The van der Waals surface area contributed by atoms with Gasteiger partial charge in [0, 0.05) is 6.04 Å². The number of ether oxygens (including phenoxy) is 2. The summed E-state index contributed by atoms with van der Waals surface area (Å²) in [5.41, 5.74) is 1.83. The average molecular weight is 384 g/mol. The smallest absolute Gasteiger partial charge is 0.241 e. The van der Waals surface area contributed by atoms with E-state index in [2.05, 4.69) is 4.72 Å². The van der Waals surface area contributed by atoms with Gasteiger partial charge in [-0.15, -0.1) is 0 Å². The van der Waals surface area contributed by atoms with Gasteiger partial charge in [-0.3, -0.25) is 0 Å². The van der Waals surface area contributed by atoms with Crippen molar-refractivity contribution in [3.05, 3.63) is 52.5 Å². The maximum atomic E-state index is 12.7. The van der Waals surface area contributed by atoms with Crippen LogP contribution in [-0.4, -0.2) is 22.6 Å². The fraction of sp³-hybridized carbons (Fsp3) is 0.333. The van der Waals surface area contributed by atoms with E-state index >= 15 is 0 Å². The van der Waals surface area contributed by atoms with E-state index in [1.54, 1.807) is 7.11 Å². The first kappa shape index (κ1) is 19.6. The van der Waals surface area contributed by atoms with Gasteiger partial charge in [0.25, 0.3) is 0 Å². The van der Waals surface area contributed by atoms with Crippen molar-refractivity contribution < 1.29 is 17.9 Å². The van der Waals surface area contributed by atoms with Gasteiger partial charge in [0.2, 0.25) is 10.0 Å². The Hall–Kier alpha value is -1.76. The van der Waals surface area contributed by atoms with Crippen LogP contribution in [0.2, 0.25) is 5.02 Å². The summed E-state index contributed by atoms with van der Waals surface area (Å²) in [5, 5.41) is 0.249. The van der Waals surface area contributed by atoms with Crippen LogP contribution in [0.15, 0.2) is 41.3 Å². The lowest BCUT2D eigenvalue weighted by Crippen LogP contribution is -2.28. The third-order valence-corrected chi connectivity index (χ3v) is 5.73. The van der Waals surface area contributed by atoms with Gasteiger partial charge in [0.15, 0.2) is 0 Å². The van der Waals surface area contributed by atoms with Crippen LogP contribution in [0, 0.1) is 6.92 Å². The molecule has 2 rings (SSSR count). The Morgan fingerprint density at radius 1 is 1.08 bits per heavy atom. The number of nitrogens with one attached hydrogen (secondary N) is 1. The van der Waals surface area contributed by atoms with Gasteiger partial charge in [0.1, 0.15) is 11.5 Å². The zero-order valence-corrected chi connectivity index (χ0v) is 16.2. The predicted molar refractivity (Wildman–Crippen MR) is 99.1 cm³/mol. The molecule has 0 aromatic heterocycles. The normalized spacial score (nSPS) is 12.7. The van der Waals surface area contributed by atoms with Crippen molar-refractivity contribution in [2.75, 3.05) is 14.2 Å². The van der Waals surface area contributed by atoms with Crippen molar-refractivity contribution in [3.8, 4) is 11.5 Å². The van der Waals surface area contributed by atoms with Gasteiger partial charge >= 0.3 is 0 Å². The van der Waals surface area contributed by atoms with Crippen LogP contribution in [0.5, 0.6) is 11.5 Å². The van der Waals surface area contributed by atoms with Gasteiger partial charge in [0.05, 0.1) is 24.1 Å². The Balaban J connectivity index is 2.31. The topological polar surface area (TPSA) is 64.6 Å². The Labute approximate surface area is 154 Å². The molecule has 0 aliphatic carbocycles. The van der Waals surface area contributed by atoms with Crippen LogP contribution in [0.3, 0.4) is 0 Å². The highest BCUT2D eigenvalue weighted by Crippen LogP contribution is 2.29. The molecule has 2 aromatic rings. The zero-order valence-electron chi connectivity index (χ0n) is 14.7. The SMILES string of the molecule is CC[C@H](NS(=O)(=O)c1ccc(OC)c(Cl)c1)c1ccc(OC)c(C)c1.